The van der Waals surface area contributed by atoms with Gasteiger partial charge in [0.25, 0.3) is 11.8 Å². The minimum atomic E-state index is -0.700. The summed E-state index contributed by atoms with van der Waals surface area (Å²) in [6.07, 6.45) is 1.18. The fourth-order valence-corrected chi connectivity index (χ4v) is 4.82. The Hall–Kier alpha value is -4.80. The molecule has 4 aromatic carbocycles. The van der Waals surface area contributed by atoms with Crippen molar-refractivity contribution >= 4 is 58.5 Å². The highest BCUT2D eigenvalue weighted by Crippen LogP contribution is 2.30. The van der Waals surface area contributed by atoms with E-state index in [1.807, 2.05) is 0 Å². The van der Waals surface area contributed by atoms with E-state index in [-0.39, 0.29) is 27.9 Å². The number of nitrogens with one attached hydrogen (secondary N) is 3. The van der Waals surface area contributed by atoms with Gasteiger partial charge in [-0.15, -0.1) is 11.8 Å². The molecular formula is C32H27ClFN3O5S. The molecule has 0 aliphatic carbocycles. The first kappa shape index (κ1) is 31.1. The molecule has 0 bridgehead atoms. The molecule has 3 N–H and O–H groups in total. The summed E-state index contributed by atoms with van der Waals surface area (Å²) in [7, 11) is 3.03. The molecule has 0 saturated heterocycles. The van der Waals surface area contributed by atoms with Gasteiger partial charge < -0.3 is 25.4 Å². The van der Waals surface area contributed by atoms with Gasteiger partial charge in [-0.05, 0) is 60.7 Å². The van der Waals surface area contributed by atoms with Gasteiger partial charge in [0.05, 0.1) is 30.7 Å². The molecule has 0 radical (unpaired) electrons. The molecule has 0 unspecified atom stereocenters. The molecule has 0 aliphatic rings. The van der Waals surface area contributed by atoms with Gasteiger partial charge in [0.1, 0.15) is 23.0 Å². The van der Waals surface area contributed by atoms with Crippen molar-refractivity contribution in [2.24, 2.45) is 0 Å². The van der Waals surface area contributed by atoms with Gasteiger partial charge in [-0.1, -0.05) is 41.9 Å². The number of thioether (sulfide) groups is 1. The molecule has 11 heteroatoms. The van der Waals surface area contributed by atoms with E-state index in [4.69, 9.17) is 21.1 Å². The van der Waals surface area contributed by atoms with Crippen LogP contribution >= 0.6 is 23.4 Å². The monoisotopic (exact) mass is 619 g/mol. The van der Waals surface area contributed by atoms with Gasteiger partial charge in [0.15, 0.2) is 0 Å². The molecule has 220 valence electrons. The van der Waals surface area contributed by atoms with E-state index in [1.54, 1.807) is 72.8 Å². The van der Waals surface area contributed by atoms with Crippen LogP contribution in [0.2, 0.25) is 5.02 Å². The summed E-state index contributed by atoms with van der Waals surface area (Å²) in [5, 5.41) is 8.16. The van der Waals surface area contributed by atoms with Crippen LogP contribution in [0.1, 0.15) is 15.9 Å². The number of amides is 3. The number of anilines is 2. The molecule has 0 saturated carbocycles. The molecule has 4 rings (SSSR count). The minimum absolute atomic E-state index is 0.0503. The zero-order valence-corrected chi connectivity index (χ0v) is 24.7. The summed E-state index contributed by atoms with van der Waals surface area (Å²) in [5.74, 6) is -1.06. The molecule has 0 atom stereocenters. The first-order valence-corrected chi connectivity index (χ1v) is 14.2. The Morgan fingerprint density at radius 2 is 1.65 bits per heavy atom. The SMILES string of the molecule is COc1ccc(OC)c(NC(=O)CSc2cccc(NC(=O)/C(=C\c3c(F)cccc3Cl)NC(=O)c3ccccc3)c2)c1. The Morgan fingerprint density at radius 3 is 2.37 bits per heavy atom. The Kier molecular flexibility index (Phi) is 10.8. The zero-order chi connectivity index (χ0) is 30.8. The molecule has 0 aromatic heterocycles. The molecule has 43 heavy (non-hydrogen) atoms. The summed E-state index contributed by atoms with van der Waals surface area (Å²) in [5.41, 5.74) is 0.907. The first-order chi connectivity index (χ1) is 20.8. The second-order valence-electron chi connectivity index (χ2n) is 8.90. The summed E-state index contributed by atoms with van der Waals surface area (Å²) < 4.78 is 25.1. The minimum Gasteiger partial charge on any atom is -0.497 e. The first-order valence-electron chi connectivity index (χ1n) is 12.9. The zero-order valence-electron chi connectivity index (χ0n) is 23.2. The lowest BCUT2D eigenvalue weighted by molar-refractivity contribution is -0.114. The van der Waals surface area contributed by atoms with Crippen molar-refractivity contribution in [2.45, 2.75) is 4.90 Å². The lowest BCUT2D eigenvalue weighted by atomic mass is 10.1. The number of ether oxygens (including phenoxy) is 2. The van der Waals surface area contributed by atoms with Gasteiger partial charge in [-0.25, -0.2) is 4.39 Å². The average Bonchev–Trinajstić information content (AvgIpc) is 3.01. The van der Waals surface area contributed by atoms with E-state index in [9.17, 15) is 18.8 Å². The van der Waals surface area contributed by atoms with Crippen molar-refractivity contribution in [1.29, 1.82) is 0 Å². The van der Waals surface area contributed by atoms with Crippen LogP contribution in [0.3, 0.4) is 0 Å². The number of hydrogen-bond donors (Lipinski definition) is 3. The largest absolute Gasteiger partial charge is 0.497 e. The van der Waals surface area contributed by atoms with Gasteiger partial charge in [0.2, 0.25) is 5.91 Å². The van der Waals surface area contributed by atoms with Gasteiger partial charge >= 0.3 is 0 Å². The highest BCUT2D eigenvalue weighted by Gasteiger charge is 2.17. The van der Waals surface area contributed by atoms with E-state index < -0.39 is 17.6 Å². The van der Waals surface area contributed by atoms with Crippen LogP contribution in [0.5, 0.6) is 11.5 Å². The number of rotatable bonds is 11. The number of carbonyl (C=O) groups is 3. The molecule has 3 amide bonds. The molecular weight excluding hydrogens is 593 g/mol. The Morgan fingerprint density at radius 1 is 0.884 bits per heavy atom. The number of hydrogen-bond acceptors (Lipinski definition) is 6. The van der Waals surface area contributed by atoms with Crippen LogP contribution < -0.4 is 25.4 Å². The standard InChI is InChI=1S/C32H27ClFN3O5S/c1-41-22-14-15-29(42-2)27(17-22)36-30(38)19-43-23-11-6-10-21(16-23)35-32(40)28(18-24-25(33)12-7-13-26(24)34)37-31(39)20-8-4-3-5-9-20/h3-18H,19H2,1-2H3,(H,35,40)(H,36,38)(H,37,39)/b28-18+. The van der Waals surface area contributed by atoms with Crippen LogP contribution in [0.15, 0.2) is 102 Å². The normalized spacial score (nSPS) is 10.9. The second kappa shape index (κ2) is 14.9. The van der Waals surface area contributed by atoms with Gasteiger partial charge in [-0.3, -0.25) is 14.4 Å². The third-order valence-corrected chi connectivity index (χ3v) is 7.28. The molecule has 0 fully saturated rings. The van der Waals surface area contributed by atoms with E-state index in [0.29, 0.717) is 33.3 Å². The number of methoxy groups -OCH3 is 2. The van der Waals surface area contributed by atoms with E-state index in [1.165, 1.54) is 50.3 Å². The van der Waals surface area contributed by atoms with E-state index in [2.05, 4.69) is 16.0 Å². The third-order valence-electron chi connectivity index (χ3n) is 5.96. The van der Waals surface area contributed by atoms with Gasteiger partial charge in [0, 0.05) is 27.8 Å². The maximum absolute atomic E-state index is 14.6. The predicted octanol–water partition coefficient (Wildman–Crippen LogP) is 6.64. The van der Waals surface area contributed by atoms with Crippen molar-refractivity contribution in [3.8, 4) is 11.5 Å². The predicted molar refractivity (Wildman–Crippen MR) is 167 cm³/mol. The number of benzene rings is 4. The Balaban J connectivity index is 1.48. The maximum Gasteiger partial charge on any atom is 0.272 e. The molecule has 8 nitrogen and oxygen atoms in total. The van der Waals surface area contributed by atoms with Crippen LogP contribution in [0.4, 0.5) is 15.8 Å². The second-order valence-corrected chi connectivity index (χ2v) is 10.4. The van der Waals surface area contributed by atoms with E-state index >= 15 is 0 Å². The smallest absolute Gasteiger partial charge is 0.272 e. The topological polar surface area (TPSA) is 106 Å². The van der Waals surface area contributed by atoms with Crippen LogP contribution in [-0.4, -0.2) is 37.7 Å². The van der Waals surface area contributed by atoms with Crippen molar-refractivity contribution in [3.05, 3.63) is 119 Å². The maximum atomic E-state index is 14.6. The average molecular weight is 620 g/mol. The number of carbonyl (C=O) groups excluding carboxylic acids is 3. The fourth-order valence-electron chi connectivity index (χ4n) is 3.84. The summed E-state index contributed by atoms with van der Waals surface area (Å²) in [4.78, 5) is 39.6. The molecule has 0 heterocycles. The van der Waals surface area contributed by atoms with Crippen LogP contribution in [0, 0.1) is 5.82 Å². The highest BCUT2D eigenvalue weighted by molar-refractivity contribution is 8.00. The van der Waals surface area contributed by atoms with Crippen molar-refractivity contribution in [1.82, 2.24) is 5.32 Å². The Bertz CT molecular complexity index is 1650. The number of halogens is 2. The highest BCUT2D eigenvalue weighted by atomic mass is 35.5. The summed E-state index contributed by atoms with van der Waals surface area (Å²) >= 11 is 7.43. The van der Waals surface area contributed by atoms with Crippen LogP contribution in [0.25, 0.3) is 6.08 Å². The Labute approximate surface area is 257 Å². The molecule has 4 aromatic rings. The van der Waals surface area contributed by atoms with E-state index in [0.717, 1.165) is 0 Å². The van der Waals surface area contributed by atoms with Crippen molar-refractivity contribution in [2.75, 3.05) is 30.6 Å². The quantitative estimate of drug-likeness (QED) is 0.128. The van der Waals surface area contributed by atoms with Crippen molar-refractivity contribution in [3.63, 3.8) is 0 Å². The summed E-state index contributed by atoms with van der Waals surface area (Å²) in [6, 6.07) is 24.3. The molecule has 0 aliphatic heterocycles. The fraction of sp³-hybridized carbons (Fsp3) is 0.0938. The summed E-state index contributed by atoms with van der Waals surface area (Å²) in [6.45, 7) is 0. The molecule has 0 spiro atoms. The van der Waals surface area contributed by atoms with Crippen LogP contribution in [-0.2, 0) is 9.59 Å². The van der Waals surface area contributed by atoms with Gasteiger partial charge in [-0.2, -0.15) is 0 Å². The lowest BCUT2D eigenvalue weighted by Gasteiger charge is -2.13. The van der Waals surface area contributed by atoms with Crippen molar-refractivity contribution < 1.29 is 28.2 Å². The third kappa shape index (κ3) is 8.60. The lowest BCUT2D eigenvalue weighted by Crippen LogP contribution is -2.30.